The minimum Gasteiger partial charge on any atom is -0.373 e. The van der Waals surface area contributed by atoms with Crippen LogP contribution in [-0.2, 0) is 9.53 Å². The number of hydrogen-bond donors (Lipinski definition) is 0. The molecule has 0 saturated carbocycles. The third-order valence-electron chi connectivity index (χ3n) is 2.37. The normalized spacial score (nSPS) is 22.4. The number of hydrogen-bond acceptors (Lipinski definition) is 2. The molecular weight excluding hydrogens is 200 g/mol. The van der Waals surface area contributed by atoms with Gasteiger partial charge in [-0.25, -0.2) is 0 Å². The molecule has 1 atom stereocenters. The Bertz CT molecular complexity index is 349. The summed E-state index contributed by atoms with van der Waals surface area (Å²) < 4.78 is 5.51. The monoisotopic (exact) mass is 210 g/mol. The highest BCUT2D eigenvalue weighted by atomic mass is 35.5. The van der Waals surface area contributed by atoms with Crippen molar-refractivity contribution in [3.8, 4) is 0 Å². The lowest BCUT2D eigenvalue weighted by Gasteiger charge is -2.22. The summed E-state index contributed by atoms with van der Waals surface area (Å²) in [5.41, 5.74) is 0.919. The van der Waals surface area contributed by atoms with E-state index in [1.54, 1.807) is 0 Å². The van der Waals surface area contributed by atoms with E-state index in [1.807, 2.05) is 24.3 Å². The second-order valence-electron chi connectivity index (χ2n) is 3.37. The maximum absolute atomic E-state index is 11.2. The molecule has 1 unspecified atom stereocenters. The molecule has 0 N–H and O–H groups in total. The van der Waals surface area contributed by atoms with E-state index in [0.717, 1.165) is 5.56 Å². The SMILES string of the molecule is O=C1CCOC(c2ccccc2Cl)C1. The molecule has 0 radical (unpaired) electrons. The Morgan fingerprint density at radius 3 is 2.86 bits per heavy atom. The topological polar surface area (TPSA) is 26.3 Å². The molecule has 1 aromatic carbocycles. The van der Waals surface area contributed by atoms with Crippen LogP contribution in [0.1, 0.15) is 24.5 Å². The number of halogens is 1. The molecule has 1 aliphatic rings. The summed E-state index contributed by atoms with van der Waals surface area (Å²) in [7, 11) is 0. The molecule has 0 bridgehead atoms. The largest absolute Gasteiger partial charge is 0.373 e. The summed E-state index contributed by atoms with van der Waals surface area (Å²) in [6.45, 7) is 0.509. The molecule has 2 nitrogen and oxygen atoms in total. The number of carbonyl (C=O) groups excluding carboxylic acids is 1. The molecule has 1 aromatic rings. The number of ether oxygens (including phenoxy) is 1. The summed E-state index contributed by atoms with van der Waals surface area (Å²) in [6, 6.07) is 7.51. The van der Waals surface area contributed by atoms with Crippen LogP contribution in [0.5, 0.6) is 0 Å². The third-order valence-corrected chi connectivity index (χ3v) is 2.71. The molecule has 0 spiro atoms. The van der Waals surface area contributed by atoms with Gasteiger partial charge in [0, 0.05) is 17.9 Å². The van der Waals surface area contributed by atoms with Gasteiger partial charge in [-0.05, 0) is 11.6 Å². The zero-order chi connectivity index (χ0) is 9.97. The number of carbonyl (C=O) groups is 1. The summed E-state index contributed by atoms with van der Waals surface area (Å²) in [5, 5.41) is 0.673. The van der Waals surface area contributed by atoms with Gasteiger partial charge in [-0.2, -0.15) is 0 Å². The quantitative estimate of drug-likeness (QED) is 0.713. The average molecular weight is 211 g/mol. The van der Waals surface area contributed by atoms with Gasteiger partial charge >= 0.3 is 0 Å². The first kappa shape index (κ1) is 9.69. The lowest BCUT2D eigenvalue weighted by Crippen LogP contribution is -2.19. The van der Waals surface area contributed by atoms with E-state index < -0.39 is 0 Å². The van der Waals surface area contributed by atoms with Crippen molar-refractivity contribution in [3.63, 3.8) is 0 Å². The van der Waals surface area contributed by atoms with Gasteiger partial charge in [0.25, 0.3) is 0 Å². The lowest BCUT2D eigenvalue weighted by molar-refractivity contribution is -0.128. The highest BCUT2D eigenvalue weighted by Gasteiger charge is 2.22. The van der Waals surface area contributed by atoms with Crippen LogP contribution in [0.25, 0.3) is 0 Å². The molecule has 3 heteroatoms. The number of Topliss-reactive ketones (excluding diaryl/α,β-unsaturated/α-hetero) is 1. The van der Waals surface area contributed by atoms with Crippen LogP contribution in [0, 0.1) is 0 Å². The summed E-state index contributed by atoms with van der Waals surface area (Å²) in [5.74, 6) is 0.251. The fraction of sp³-hybridized carbons (Fsp3) is 0.364. The van der Waals surface area contributed by atoms with E-state index in [2.05, 4.69) is 0 Å². The molecule has 1 fully saturated rings. The van der Waals surface area contributed by atoms with Gasteiger partial charge in [-0.1, -0.05) is 29.8 Å². The van der Waals surface area contributed by atoms with Crippen molar-refractivity contribution in [1.82, 2.24) is 0 Å². The molecule has 1 heterocycles. The fourth-order valence-electron chi connectivity index (χ4n) is 1.62. The Hall–Kier alpha value is -0.860. The summed E-state index contributed by atoms with van der Waals surface area (Å²) in [4.78, 5) is 11.2. The second-order valence-corrected chi connectivity index (χ2v) is 3.78. The van der Waals surface area contributed by atoms with Gasteiger partial charge in [0.15, 0.2) is 0 Å². The molecule has 0 amide bonds. The van der Waals surface area contributed by atoms with Gasteiger partial charge in [0.05, 0.1) is 12.7 Å². The first-order chi connectivity index (χ1) is 6.77. The van der Waals surface area contributed by atoms with Crippen molar-refractivity contribution in [1.29, 1.82) is 0 Å². The van der Waals surface area contributed by atoms with Crippen molar-refractivity contribution in [2.24, 2.45) is 0 Å². The Morgan fingerprint density at radius 1 is 1.36 bits per heavy atom. The number of benzene rings is 1. The maximum atomic E-state index is 11.2. The fourth-order valence-corrected chi connectivity index (χ4v) is 1.88. The molecule has 74 valence electrons. The molecule has 1 saturated heterocycles. The standard InChI is InChI=1S/C11H11ClO2/c12-10-4-2-1-3-9(10)11-7-8(13)5-6-14-11/h1-4,11H,5-7H2. The van der Waals surface area contributed by atoms with E-state index in [4.69, 9.17) is 16.3 Å². The Kier molecular flexibility index (Phi) is 2.85. The smallest absolute Gasteiger partial charge is 0.138 e. The predicted octanol–water partition coefficient (Wildman–Crippen LogP) is 2.76. The molecule has 0 aliphatic carbocycles. The highest BCUT2D eigenvalue weighted by molar-refractivity contribution is 6.31. The highest BCUT2D eigenvalue weighted by Crippen LogP contribution is 2.30. The minimum absolute atomic E-state index is 0.148. The molecule has 2 rings (SSSR count). The van der Waals surface area contributed by atoms with Crippen LogP contribution in [-0.4, -0.2) is 12.4 Å². The minimum atomic E-state index is -0.148. The van der Waals surface area contributed by atoms with Crippen molar-refractivity contribution in [2.75, 3.05) is 6.61 Å². The van der Waals surface area contributed by atoms with Crippen molar-refractivity contribution in [3.05, 3.63) is 34.9 Å². The van der Waals surface area contributed by atoms with Gasteiger partial charge in [-0.15, -0.1) is 0 Å². The van der Waals surface area contributed by atoms with Gasteiger partial charge in [0.1, 0.15) is 5.78 Å². The molecule has 1 aliphatic heterocycles. The van der Waals surface area contributed by atoms with Crippen LogP contribution >= 0.6 is 11.6 Å². The van der Waals surface area contributed by atoms with Gasteiger partial charge in [0.2, 0.25) is 0 Å². The van der Waals surface area contributed by atoms with E-state index >= 15 is 0 Å². The van der Waals surface area contributed by atoms with Crippen molar-refractivity contribution in [2.45, 2.75) is 18.9 Å². The van der Waals surface area contributed by atoms with Crippen molar-refractivity contribution >= 4 is 17.4 Å². The van der Waals surface area contributed by atoms with Crippen LogP contribution in [0.2, 0.25) is 5.02 Å². The summed E-state index contributed by atoms with van der Waals surface area (Å²) >= 11 is 6.01. The van der Waals surface area contributed by atoms with Crippen LogP contribution < -0.4 is 0 Å². The number of rotatable bonds is 1. The Morgan fingerprint density at radius 2 is 2.14 bits per heavy atom. The molecule has 14 heavy (non-hydrogen) atoms. The van der Waals surface area contributed by atoms with E-state index in [1.165, 1.54) is 0 Å². The van der Waals surface area contributed by atoms with Crippen LogP contribution in [0.15, 0.2) is 24.3 Å². The van der Waals surface area contributed by atoms with E-state index in [0.29, 0.717) is 24.5 Å². The lowest BCUT2D eigenvalue weighted by atomic mass is 10.0. The Labute approximate surface area is 87.8 Å². The molecule has 0 aromatic heterocycles. The summed E-state index contributed by atoms with van der Waals surface area (Å²) in [6.07, 6.45) is 0.829. The zero-order valence-electron chi connectivity index (χ0n) is 7.70. The second kappa shape index (κ2) is 4.11. The third kappa shape index (κ3) is 1.97. The zero-order valence-corrected chi connectivity index (χ0v) is 8.46. The van der Waals surface area contributed by atoms with Gasteiger partial charge < -0.3 is 4.74 Å². The van der Waals surface area contributed by atoms with E-state index in [-0.39, 0.29) is 11.9 Å². The van der Waals surface area contributed by atoms with Gasteiger partial charge in [-0.3, -0.25) is 4.79 Å². The predicted molar refractivity (Wildman–Crippen MR) is 54.4 cm³/mol. The average Bonchev–Trinajstić information content (AvgIpc) is 2.18. The Balaban J connectivity index is 2.22. The first-order valence-corrected chi connectivity index (χ1v) is 5.03. The first-order valence-electron chi connectivity index (χ1n) is 4.65. The maximum Gasteiger partial charge on any atom is 0.138 e. The molecular formula is C11H11ClO2. The van der Waals surface area contributed by atoms with E-state index in [9.17, 15) is 4.79 Å². The van der Waals surface area contributed by atoms with Crippen molar-refractivity contribution < 1.29 is 9.53 Å². The van der Waals surface area contributed by atoms with Crippen LogP contribution in [0.4, 0.5) is 0 Å². The van der Waals surface area contributed by atoms with Crippen LogP contribution in [0.3, 0.4) is 0 Å². The number of ketones is 1.